The molecule has 2 aliphatic rings. The van der Waals surface area contributed by atoms with Gasteiger partial charge in [0.2, 0.25) is 0 Å². The van der Waals surface area contributed by atoms with Crippen LogP contribution in [0.2, 0.25) is 0 Å². The lowest BCUT2D eigenvalue weighted by Gasteiger charge is -2.32. The highest BCUT2D eigenvalue weighted by Gasteiger charge is 2.52. The third kappa shape index (κ3) is 4.40. The first-order valence-corrected chi connectivity index (χ1v) is 20.4. The van der Waals surface area contributed by atoms with Crippen LogP contribution in [0, 0.1) is 0 Å². The molecular formula is C57H35NO. The van der Waals surface area contributed by atoms with Gasteiger partial charge >= 0.3 is 0 Å². The van der Waals surface area contributed by atoms with Gasteiger partial charge in [-0.05, 0) is 109 Å². The Kier molecular flexibility index (Phi) is 6.68. The van der Waals surface area contributed by atoms with Gasteiger partial charge in [-0.25, -0.2) is 0 Å². The lowest BCUT2D eigenvalue weighted by molar-refractivity contribution is 0.669. The quantitative estimate of drug-likeness (QED) is 0.167. The fourth-order valence-electron chi connectivity index (χ4n) is 10.7. The van der Waals surface area contributed by atoms with Gasteiger partial charge in [0, 0.05) is 27.4 Å². The predicted molar refractivity (Wildman–Crippen MR) is 245 cm³/mol. The molecule has 1 spiro atoms. The van der Waals surface area contributed by atoms with Gasteiger partial charge in [-0.2, -0.15) is 0 Å². The van der Waals surface area contributed by atoms with Crippen molar-refractivity contribution in [3.8, 4) is 33.4 Å². The molecule has 0 aliphatic heterocycles. The van der Waals surface area contributed by atoms with E-state index in [0.29, 0.717) is 0 Å². The van der Waals surface area contributed by atoms with E-state index in [2.05, 4.69) is 205 Å². The van der Waals surface area contributed by atoms with E-state index in [4.69, 9.17) is 4.42 Å². The van der Waals surface area contributed by atoms with Gasteiger partial charge in [-0.1, -0.05) is 170 Å². The second-order valence-electron chi connectivity index (χ2n) is 15.9. The Balaban J connectivity index is 1.08. The first kappa shape index (κ1) is 32.4. The maximum absolute atomic E-state index is 6.19. The molecular weight excluding hydrogens is 715 g/mol. The Morgan fingerprint density at radius 1 is 0.356 bits per heavy atom. The SMILES string of the molecule is c1ccc2c(c1)-c1ccccc1C21c2ccccc2-c2c(N(c3ccc(-c4ccc5oc6ccccc6c5c4)cc3)c3cccc4ccc5ccccc5c34)cccc21. The van der Waals surface area contributed by atoms with Crippen molar-refractivity contribution in [3.63, 3.8) is 0 Å². The van der Waals surface area contributed by atoms with E-state index in [1.54, 1.807) is 0 Å². The molecule has 0 fully saturated rings. The van der Waals surface area contributed by atoms with E-state index in [1.807, 2.05) is 12.1 Å². The zero-order chi connectivity index (χ0) is 38.7. The van der Waals surface area contributed by atoms with Crippen LogP contribution < -0.4 is 4.90 Å². The lowest BCUT2D eigenvalue weighted by Crippen LogP contribution is -2.26. The number of hydrogen-bond donors (Lipinski definition) is 0. The summed E-state index contributed by atoms with van der Waals surface area (Å²) in [4.78, 5) is 2.52. The molecule has 0 N–H and O–H groups in total. The molecule has 2 aliphatic carbocycles. The highest BCUT2D eigenvalue weighted by molar-refractivity contribution is 6.16. The highest BCUT2D eigenvalue weighted by Crippen LogP contribution is 2.64. The molecule has 0 amide bonds. The minimum Gasteiger partial charge on any atom is -0.456 e. The molecule has 0 radical (unpaired) electrons. The minimum atomic E-state index is -0.438. The molecule has 1 aromatic heterocycles. The fraction of sp³-hybridized carbons (Fsp3) is 0.0175. The summed E-state index contributed by atoms with van der Waals surface area (Å²) in [6.07, 6.45) is 0. The molecule has 13 rings (SSSR count). The third-order valence-corrected chi connectivity index (χ3v) is 13.1. The average molecular weight is 750 g/mol. The first-order valence-electron chi connectivity index (χ1n) is 20.4. The smallest absolute Gasteiger partial charge is 0.135 e. The molecule has 0 bridgehead atoms. The standard InChI is InChI=1S/C57H35NO/c1-2-15-41-37(13-1)27-28-38-14-11-24-51(55(38)41)58(40-32-29-36(30-33-40)39-31-34-54-46(35-39)44-18-6-10-26-53(44)59-54)52-25-12-23-50-56(52)45-19-5-9-22-49(45)57(50)47-20-7-3-16-42(47)43-17-4-8-21-48(43)57/h1-35H. The fourth-order valence-corrected chi connectivity index (χ4v) is 10.7. The second-order valence-corrected chi connectivity index (χ2v) is 15.9. The largest absolute Gasteiger partial charge is 0.456 e. The Morgan fingerprint density at radius 3 is 1.71 bits per heavy atom. The van der Waals surface area contributed by atoms with E-state index >= 15 is 0 Å². The van der Waals surface area contributed by atoms with Crippen LogP contribution >= 0.6 is 0 Å². The first-order chi connectivity index (χ1) is 29.3. The topological polar surface area (TPSA) is 16.4 Å². The summed E-state index contributed by atoms with van der Waals surface area (Å²) in [7, 11) is 0. The minimum absolute atomic E-state index is 0.438. The monoisotopic (exact) mass is 749 g/mol. The number of anilines is 3. The maximum Gasteiger partial charge on any atom is 0.135 e. The molecule has 0 unspecified atom stereocenters. The maximum atomic E-state index is 6.19. The molecule has 2 nitrogen and oxygen atoms in total. The van der Waals surface area contributed by atoms with Gasteiger partial charge in [0.15, 0.2) is 0 Å². The van der Waals surface area contributed by atoms with Crippen LogP contribution in [0.25, 0.3) is 76.9 Å². The summed E-state index contributed by atoms with van der Waals surface area (Å²) in [6, 6.07) is 78.2. The molecule has 1 heterocycles. The molecule has 2 heteroatoms. The molecule has 10 aromatic carbocycles. The van der Waals surface area contributed by atoms with Crippen molar-refractivity contribution in [1.29, 1.82) is 0 Å². The summed E-state index contributed by atoms with van der Waals surface area (Å²) in [5.74, 6) is 0. The van der Waals surface area contributed by atoms with Gasteiger partial charge in [-0.15, -0.1) is 0 Å². The van der Waals surface area contributed by atoms with E-state index in [-0.39, 0.29) is 0 Å². The van der Waals surface area contributed by atoms with Crippen LogP contribution in [-0.2, 0) is 5.41 Å². The summed E-state index contributed by atoms with van der Waals surface area (Å²) in [5.41, 5.74) is 17.6. The number of para-hydroxylation sites is 1. The van der Waals surface area contributed by atoms with Crippen LogP contribution in [0.15, 0.2) is 217 Å². The summed E-state index contributed by atoms with van der Waals surface area (Å²) in [6.45, 7) is 0. The van der Waals surface area contributed by atoms with Crippen molar-refractivity contribution >= 4 is 60.5 Å². The van der Waals surface area contributed by atoms with Crippen LogP contribution in [0.1, 0.15) is 22.3 Å². The zero-order valence-electron chi connectivity index (χ0n) is 32.1. The molecule has 0 saturated heterocycles. The Labute approximate surface area is 341 Å². The third-order valence-electron chi connectivity index (χ3n) is 13.1. The average Bonchev–Trinajstić information content (AvgIpc) is 3.93. The van der Waals surface area contributed by atoms with Crippen molar-refractivity contribution in [2.75, 3.05) is 4.90 Å². The van der Waals surface area contributed by atoms with Gasteiger partial charge in [0.1, 0.15) is 11.2 Å². The Bertz CT molecular complexity index is 3470. The molecule has 0 saturated carbocycles. The van der Waals surface area contributed by atoms with Gasteiger partial charge in [-0.3, -0.25) is 0 Å². The number of benzene rings is 10. The summed E-state index contributed by atoms with van der Waals surface area (Å²) in [5, 5.41) is 7.19. The second kappa shape index (κ2) is 12.2. The number of nitrogens with zero attached hydrogens (tertiary/aromatic N) is 1. The van der Waals surface area contributed by atoms with Crippen molar-refractivity contribution < 1.29 is 4.42 Å². The van der Waals surface area contributed by atoms with E-state index in [1.165, 1.54) is 66.1 Å². The highest BCUT2D eigenvalue weighted by atomic mass is 16.3. The molecule has 274 valence electrons. The zero-order valence-corrected chi connectivity index (χ0v) is 32.1. The Morgan fingerprint density at radius 2 is 0.915 bits per heavy atom. The normalized spacial score (nSPS) is 13.2. The number of furan rings is 1. The van der Waals surface area contributed by atoms with E-state index in [9.17, 15) is 0 Å². The molecule has 11 aromatic rings. The van der Waals surface area contributed by atoms with Gasteiger partial charge in [0.25, 0.3) is 0 Å². The van der Waals surface area contributed by atoms with E-state index in [0.717, 1.165) is 50.1 Å². The van der Waals surface area contributed by atoms with Crippen molar-refractivity contribution in [2.45, 2.75) is 5.41 Å². The lowest BCUT2D eigenvalue weighted by atomic mass is 9.70. The molecule has 59 heavy (non-hydrogen) atoms. The number of rotatable bonds is 4. The number of fused-ring (bicyclic) bond motifs is 16. The van der Waals surface area contributed by atoms with Crippen molar-refractivity contribution in [3.05, 3.63) is 235 Å². The summed E-state index contributed by atoms with van der Waals surface area (Å²) >= 11 is 0. The van der Waals surface area contributed by atoms with Crippen LogP contribution in [0.5, 0.6) is 0 Å². The summed E-state index contributed by atoms with van der Waals surface area (Å²) < 4.78 is 6.19. The van der Waals surface area contributed by atoms with Crippen LogP contribution in [-0.4, -0.2) is 0 Å². The van der Waals surface area contributed by atoms with Crippen molar-refractivity contribution in [2.24, 2.45) is 0 Å². The van der Waals surface area contributed by atoms with E-state index < -0.39 is 5.41 Å². The van der Waals surface area contributed by atoms with Crippen molar-refractivity contribution in [1.82, 2.24) is 0 Å². The van der Waals surface area contributed by atoms with Crippen LogP contribution in [0.4, 0.5) is 17.1 Å². The van der Waals surface area contributed by atoms with Gasteiger partial charge in [0.05, 0.1) is 16.8 Å². The predicted octanol–water partition coefficient (Wildman–Crippen LogP) is 15.4. The van der Waals surface area contributed by atoms with Crippen LogP contribution in [0.3, 0.4) is 0 Å². The Hall–Kier alpha value is -7.68. The number of hydrogen-bond acceptors (Lipinski definition) is 2. The molecule has 0 atom stereocenters. The van der Waals surface area contributed by atoms with Gasteiger partial charge < -0.3 is 9.32 Å².